The van der Waals surface area contributed by atoms with E-state index < -0.39 is 0 Å². The molecule has 0 saturated carbocycles. The van der Waals surface area contributed by atoms with Crippen molar-refractivity contribution in [2.75, 3.05) is 26.3 Å². The number of rotatable bonds is 8. The Morgan fingerprint density at radius 1 is 1.28 bits per heavy atom. The fraction of sp³-hybridized carbons (Fsp3) is 0.600. The third-order valence-electron chi connectivity index (χ3n) is 2.79. The Balaban J connectivity index is 2.59. The van der Waals surface area contributed by atoms with Crippen LogP contribution in [0.5, 0.6) is 0 Å². The van der Waals surface area contributed by atoms with Crippen molar-refractivity contribution in [2.24, 2.45) is 5.92 Å². The highest BCUT2D eigenvalue weighted by Gasteiger charge is 2.12. The molecule has 102 valence electrons. The lowest BCUT2D eigenvalue weighted by Crippen LogP contribution is -2.27. The number of hydrogen-bond acceptors (Lipinski definition) is 2. The van der Waals surface area contributed by atoms with E-state index in [-0.39, 0.29) is 0 Å². The summed E-state index contributed by atoms with van der Waals surface area (Å²) in [5.41, 5.74) is 1.33. The zero-order valence-electron chi connectivity index (χ0n) is 11.6. The smallest absolute Gasteiger partial charge is 0.0546 e. The van der Waals surface area contributed by atoms with Gasteiger partial charge in [0.05, 0.1) is 6.61 Å². The van der Waals surface area contributed by atoms with Crippen molar-refractivity contribution >= 4 is 15.9 Å². The van der Waals surface area contributed by atoms with Crippen LogP contribution >= 0.6 is 15.9 Å². The summed E-state index contributed by atoms with van der Waals surface area (Å²) in [6.45, 7) is 10.1. The van der Waals surface area contributed by atoms with Crippen LogP contribution < -0.4 is 5.32 Å². The van der Waals surface area contributed by atoms with Crippen molar-refractivity contribution in [3.05, 3.63) is 34.3 Å². The van der Waals surface area contributed by atoms with Crippen molar-refractivity contribution in [3.63, 3.8) is 0 Å². The molecule has 0 fully saturated rings. The molecule has 18 heavy (non-hydrogen) atoms. The van der Waals surface area contributed by atoms with Crippen LogP contribution in [0.2, 0.25) is 0 Å². The highest BCUT2D eigenvalue weighted by atomic mass is 79.9. The topological polar surface area (TPSA) is 21.3 Å². The summed E-state index contributed by atoms with van der Waals surface area (Å²) in [5.74, 6) is 1.10. The molecular weight excluding hydrogens is 290 g/mol. The number of halogens is 1. The molecule has 1 rings (SSSR count). The predicted molar refractivity (Wildman–Crippen MR) is 81.1 cm³/mol. The number of benzene rings is 1. The average molecular weight is 314 g/mol. The van der Waals surface area contributed by atoms with Gasteiger partial charge < -0.3 is 10.1 Å². The molecule has 0 aromatic heterocycles. The van der Waals surface area contributed by atoms with Gasteiger partial charge in [0.15, 0.2) is 0 Å². The third-order valence-corrected chi connectivity index (χ3v) is 3.28. The van der Waals surface area contributed by atoms with Crippen LogP contribution in [-0.4, -0.2) is 26.3 Å². The molecule has 0 radical (unpaired) electrons. The quantitative estimate of drug-likeness (QED) is 0.788. The summed E-state index contributed by atoms with van der Waals surface area (Å²) in [4.78, 5) is 0. The standard InChI is InChI=1S/C15H24BrNO/c1-4-18-11-14(10-17-9-12(2)3)13-6-5-7-15(16)8-13/h5-8,12,14,17H,4,9-11H2,1-3H3. The number of hydrogen-bond donors (Lipinski definition) is 1. The Hall–Kier alpha value is -0.380. The summed E-state index contributed by atoms with van der Waals surface area (Å²) in [6.07, 6.45) is 0. The van der Waals surface area contributed by atoms with Crippen LogP contribution in [0.25, 0.3) is 0 Å². The molecule has 1 aromatic carbocycles. The molecule has 1 unspecified atom stereocenters. The van der Waals surface area contributed by atoms with Crippen LogP contribution in [-0.2, 0) is 4.74 Å². The molecular formula is C15H24BrNO. The SMILES string of the molecule is CCOCC(CNCC(C)C)c1cccc(Br)c1. The van der Waals surface area contributed by atoms with Gasteiger partial charge in [-0.25, -0.2) is 0 Å². The first-order valence-electron chi connectivity index (χ1n) is 6.67. The van der Waals surface area contributed by atoms with Crippen molar-refractivity contribution in [1.29, 1.82) is 0 Å². The largest absolute Gasteiger partial charge is 0.381 e. The van der Waals surface area contributed by atoms with Gasteiger partial charge in [0.2, 0.25) is 0 Å². The minimum absolute atomic E-state index is 0.418. The minimum Gasteiger partial charge on any atom is -0.381 e. The Morgan fingerprint density at radius 3 is 2.67 bits per heavy atom. The molecule has 0 amide bonds. The van der Waals surface area contributed by atoms with E-state index in [0.717, 1.165) is 30.8 Å². The Morgan fingerprint density at radius 2 is 2.06 bits per heavy atom. The fourth-order valence-corrected chi connectivity index (χ4v) is 2.26. The first kappa shape index (κ1) is 15.7. The lowest BCUT2D eigenvalue weighted by atomic mass is 10.00. The van der Waals surface area contributed by atoms with E-state index in [0.29, 0.717) is 11.8 Å². The lowest BCUT2D eigenvalue weighted by molar-refractivity contribution is 0.131. The molecule has 1 aromatic rings. The van der Waals surface area contributed by atoms with Gasteiger partial charge >= 0.3 is 0 Å². The molecule has 3 heteroatoms. The van der Waals surface area contributed by atoms with Gasteiger partial charge in [0, 0.05) is 23.5 Å². The van der Waals surface area contributed by atoms with Crippen LogP contribution in [0.3, 0.4) is 0 Å². The highest BCUT2D eigenvalue weighted by Crippen LogP contribution is 2.20. The lowest BCUT2D eigenvalue weighted by Gasteiger charge is -2.19. The molecule has 0 heterocycles. The summed E-state index contributed by atoms with van der Waals surface area (Å²) in [6, 6.07) is 8.50. The highest BCUT2D eigenvalue weighted by molar-refractivity contribution is 9.10. The van der Waals surface area contributed by atoms with E-state index in [1.807, 2.05) is 6.92 Å². The van der Waals surface area contributed by atoms with Gasteiger partial charge in [0.25, 0.3) is 0 Å². The van der Waals surface area contributed by atoms with E-state index in [1.165, 1.54) is 5.56 Å². The third kappa shape index (κ3) is 5.98. The first-order valence-corrected chi connectivity index (χ1v) is 7.46. The van der Waals surface area contributed by atoms with Crippen molar-refractivity contribution in [3.8, 4) is 0 Å². The molecule has 0 spiro atoms. The van der Waals surface area contributed by atoms with Gasteiger partial charge in [-0.3, -0.25) is 0 Å². The van der Waals surface area contributed by atoms with E-state index in [9.17, 15) is 0 Å². The maximum atomic E-state index is 5.59. The molecule has 0 aliphatic heterocycles. The van der Waals surface area contributed by atoms with Gasteiger partial charge in [-0.05, 0) is 37.1 Å². The van der Waals surface area contributed by atoms with Crippen molar-refractivity contribution < 1.29 is 4.74 Å². The van der Waals surface area contributed by atoms with E-state index in [2.05, 4.69) is 59.4 Å². The molecule has 0 aliphatic rings. The van der Waals surface area contributed by atoms with E-state index in [1.54, 1.807) is 0 Å². The monoisotopic (exact) mass is 313 g/mol. The molecule has 2 nitrogen and oxygen atoms in total. The van der Waals surface area contributed by atoms with Crippen LogP contribution in [0, 0.1) is 5.92 Å². The van der Waals surface area contributed by atoms with Crippen molar-refractivity contribution in [2.45, 2.75) is 26.7 Å². The second-order valence-electron chi connectivity index (χ2n) is 4.96. The van der Waals surface area contributed by atoms with E-state index in [4.69, 9.17) is 4.74 Å². The van der Waals surface area contributed by atoms with Crippen LogP contribution in [0.1, 0.15) is 32.3 Å². The molecule has 0 aliphatic carbocycles. The zero-order valence-corrected chi connectivity index (χ0v) is 13.2. The molecule has 1 N–H and O–H groups in total. The Kier molecular flexibility index (Phi) is 7.56. The minimum atomic E-state index is 0.418. The molecule has 0 bridgehead atoms. The maximum absolute atomic E-state index is 5.59. The fourth-order valence-electron chi connectivity index (χ4n) is 1.84. The first-order chi connectivity index (χ1) is 8.63. The summed E-state index contributed by atoms with van der Waals surface area (Å²) in [7, 11) is 0. The van der Waals surface area contributed by atoms with Gasteiger partial charge in [0.1, 0.15) is 0 Å². The Labute approximate surface area is 119 Å². The summed E-state index contributed by atoms with van der Waals surface area (Å²) >= 11 is 3.53. The summed E-state index contributed by atoms with van der Waals surface area (Å²) < 4.78 is 6.72. The zero-order chi connectivity index (χ0) is 13.4. The maximum Gasteiger partial charge on any atom is 0.0546 e. The van der Waals surface area contributed by atoms with E-state index >= 15 is 0 Å². The number of ether oxygens (including phenoxy) is 1. The van der Waals surface area contributed by atoms with Crippen molar-refractivity contribution in [1.82, 2.24) is 5.32 Å². The molecule has 0 saturated heterocycles. The Bertz CT molecular complexity index is 341. The van der Waals surface area contributed by atoms with Gasteiger partial charge in [-0.2, -0.15) is 0 Å². The number of nitrogens with one attached hydrogen (secondary N) is 1. The average Bonchev–Trinajstić information content (AvgIpc) is 2.33. The summed E-state index contributed by atoms with van der Waals surface area (Å²) in [5, 5.41) is 3.52. The normalized spacial score (nSPS) is 12.9. The van der Waals surface area contributed by atoms with Gasteiger partial charge in [-0.15, -0.1) is 0 Å². The van der Waals surface area contributed by atoms with Crippen LogP contribution in [0.15, 0.2) is 28.7 Å². The molecule has 1 atom stereocenters. The van der Waals surface area contributed by atoms with Gasteiger partial charge in [-0.1, -0.05) is 41.9 Å². The predicted octanol–water partition coefficient (Wildman–Crippen LogP) is 3.81. The second-order valence-corrected chi connectivity index (χ2v) is 5.88. The second kappa shape index (κ2) is 8.68. The van der Waals surface area contributed by atoms with Crippen LogP contribution in [0.4, 0.5) is 0 Å².